The maximum Gasteiger partial charge on any atom is 0.0952 e. The first-order valence-corrected chi connectivity index (χ1v) is 6.12. The van der Waals surface area contributed by atoms with E-state index in [9.17, 15) is 0 Å². The molecule has 2 aliphatic rings. The zero-order valence-corrected chi connectivity index (χ0v) is 9.36. The van der Waals surface area contributed by atoms with Crippen molar-refractivity contribution in [1.29, 1.82) is 0 Å². The third-order valence-electron chi connectivity index (χ3n) is 3.43. The van der Waals surface area contributed by atoms with Crippen molar-refractivity contribution in [3.05, 3.63) is 18.2 Å². The maximum atomic E-state index is 5.89. The van der Waals surface area contributed by atoms with E-state index in [2.05, 4.69) is 9.55 Å². The van der Waals surface area contributed by atoms with Gasteiger partial charge in [0.15, 0.2) is 0 Å². The van der Waals surface area contributed by atoms with Gasteiger partial charge in [0.25, 0.3) is 0 Å². The van der Waals surface area contributed by atoms with Gasteiger partial charge in [-0.05, 0) is 25.2 Å². The zero-order chi connectivity index (χ0) is 10.3. The molecule has 2 heterocycles. The number of ether oxygens (including phenoxy) is 1. The summed E-state index contributed by atoms with van der Waals surface area (Å²) in [5, 5.41) is 0. The number of alkyl halides is 1. The van der Waals surface area contributed by atoms with Gasteiger partial charge in [-0.25, -0.2) is 4.98 Å². The van der Waals surface area contributed by atoms with E-state index in [-0.39, 0.29) is 0 Å². The van der Waals surface area contributed by atoms with Crippen LogP contribution in [0.2, 0.25) is 0 Å². The van der Waals surface area contributed by atoms with Gasteiger partial charge in [-0.15, -0.1) is 11.6 Å². The molecular weight excluding hydrogens is 212 g/mol. The van der Waals surface area contributed by atoms with E-state index >= 15 is 0 Å². The van der Waals surface area contributed by atoms with E-state index in [1.807, 2.05) is 12.5 Å². The number of hydrogen-bond acceptors (Lipinski definition) is 2. The molecule has 4 heteroatoms. The molecule has 1 saturated carbocycles. The van der Waals surface area contributed by atoms with Crippen molar-refractivity contribution in [2.24, 2.45) is 5.92 Å². The lowest BCUT2D eigenvalue weighted by Crippen LogP contribution is -2.22. The number of hydrogen-bond donors (Lipinski definition) is 0. The van der Waals surface area contributed by atoms with Gasteiger partial charge in [-0.3, -0.25) is 0 Å². The van der Waals surface area contributed by atoms with Gasteiger partial charge in [0.2, 0.25) is 0 Å². The summed E-state index contributed by atoms with van der Waals surface area (Å²) >= 11 is 5.89. The summed E-state index contributed by atoms with van der Waals surface area (Å²) in [6.45, 7) is 0.881. The van der Waals surface area contributed by atoms with Gasteiger partial charge in [0.05, 0.1) is 30.0 Å². The summed E-state index contributed by atoms with van der Waals surface area (Å²) in [5.41, 5.74) is 1.11. The number of rotatable bonds is 3. The van der Waals surface area contributed by atoms with Crippen LogP contribution in [0.15, 0.2) is 12.5 Å². The Hall–Kier alpha value is -0.540. The Kier molecular flexibility index (Phi) is 2.45. The van der Waals surface area contributed by atoms with Crippen LogP contribution in [0, 0.1) is 5.92 Å². The van der Waals surface area contributed by atoms with Crippen LogP contribution < -0.4 is 0 Å². The molecule has 0 amide bonds. The minimum absolute atomic E-state index is 0.404. The van der Waals surface area contributed by atoms with Gasteiger partial charge < -0.3 is 9.30 Å². The molecule has 1 saturated heterocycles. The molecule has 1 aliphatic carbocycles. The molecule has 1 aromatic rings. The van der Waals surface area contributed by atoms with Crippen molar-refractivity contribution in [2.75, 3.05) is 6.61 Å². The van der Waals surface area contributed by atoms with Crippen LogP contribution in [0.25, 0.3) is 0 Å². The predicted octanol–water partition coefficient (Wildman–Crippen LogP) is 2.36. The highest BCUT2D eigenvalue weighted by Gasteiger charge is 2.41. The minimum Gasteiger partial charge on any atom is -0.376 e. The van der Waals surface area contributed by atoms with Gasteiger partial charge in [-0.2, -0.15) is 0 Å². The normalized spacial score (nSPS) is 31.0. The van der Waals surface area contributed by atoms with E-state index in [0.29, 0.717) is 18.0 Å². The van der Waals surface area contributed by atoms with Gasteiger partial charge >= 0.3 is 0 Å². The highest BCUT2D eigenvalue weighted by molar-refractivity contribution is 6.16. The highest BCUT2D eigenvalue weighted by Crippen LogP contribution is 2.43. The van der Waals surface area contributed by atoms with E-state index < -0.39 is 0 Å². The SMILES string of the molecule is ClCc1cncn1C1CCOC1C1CC1. The average Bonchev–Trinajstić information content (AvgIpc) is 2.83. The Morgan fingerprint density at radius 2 is 2.33 bits per heavy atom. The molecule has 2 fully saturated rings. The summed E-state index contributed by atoms with van der Waals surface area (Å²) < 4.78 is 8.03. The fourth-order valence-corrected chi connectivity index (χ4v) is 2.71. The van der Waals surface area contributed by atoms with E-state index in [4.69, 9.17) is 16.3 Å². The van der Waals surface area contributed by atoms with Gasteiger partial charge in [0.1, 0.15) is 0 Å². The van der Waals surface area contributed by atoms with Crippen molar-refractivity contribution < 1.29 is 4.74 Å². The summed E-state index contributed by atoms with van der Waals surface area (Å²) in [6.07, 6.45) is 7.91. The lowest BCUT2D eigenvalue weighted by molar-refractivity contribution is 0.0747. The molecule has 1 aromatic heterocycles. The molecule has 15 heavy (non-hydrogen) atoms. The molecule has 82 valence electrons. The Morgan fingerprint density at radius 1 is 1.47 bits per heavy atom. The monoisotopic (exact) mass is 226 g/mol. The minimum atomic E-state index is 0.404. The van der Waals surface area contributed by atoms with Gasteiger partial charge in [-0.1, -0.05) is 0 Å². The van der Waals surface area contributed by atoms with E-state index in [0.717, 1.165) is 24.6 Å². The zero-order valence-electron chi connectivity index (χ0n) is 8.60. The quantitative estimate of drug-likeness (QED) is 0.740. The third-order valence-corrected chi connectivity index (χ3v) is 3.70. The first-order valence-electron chi connectivity index (χ1n) is 5.58. The topological polar surface area (TPSA) is 27.1 Å². The molecule has 2 atom stereocenters. The summed E-state index contributed by atoms with van der Waals surface area (Å²) in [5.74, 6) is 1.32. The Morgan fingerprint density at radius 3 is 3.07 bits per heavy atom. The molecule has 3 rings (SSSR count). The van der Waals surface area contributed by atoms with E-state index in [1.165, 1.54) is 12.8 Å². The summed E-state index contributed by atoms with van der Waals surface area (Å²) in [7, 11) is 0. The number of nitrogens with zero attached hydrogens (tertiary/aromatic N) is 2. The molecule has 3 nitrogen and oxygen atoms in total. The molecule has 0 bridgehead atoms. The highest BCUT2D eigenvalue weighted by atomic mass is 35.5. The van der Waals surface area contributed by atoms with Crippen molar-refractivity contribution in [3.63, 3.8) is 0 Å². The largest absolute Gasteiger partial charge is 0.376 e. The van der Waals surface area contributed by atoms with Crippen LogP contribution in [0.5, 0.6) is 0 Å². The third kappa shape index (κ3) is 1.68. The number of halogens is 1. The molecule has 0 spiro atoms. The van der Waals surface area contributed by atoms with Crippen molar-refractivity contribution in [3.8, 4) is 0 Å². The Labute approximate surface area is 94.4 Å². The first kappa shape index (κ1) is 9.67. The second kappa shape index (κ2) is 3.80. The van der Waals surface area contributed by atoms with Crippen molar-refractivity contribution >= 4 is 11.6 Å². The Balaban J connectivity index is 1.85. The molecule has 1 aliphatic heterocycles. The van der Waals surface area contributed by atoms with Crippen LogP contribution in [-0.2, 0) is 10.6 Å². The number of aromatic nitrogens is 2. The molecule has 0 radical (unpaired) electrons. The maximum absolute atomic E-state index is 5.89. The van der Waals surface area contributed by atoms with Crippen LogP contribution >= 0.6 is 11.6 Å². The lowest BCUT2D eigenvalue weighted by Gasteiger charge is -2.21. The lowest BCUT2D eigenvalue weighted by atomic mass is 10.1. The molecule has 0 aromatic carbocycles. The van der Waals surface area contributed by atoms with Crippen LogP contribution in [0.4, 0.5) is 0 Å². The Bertz CT molecular complexity index is 348. The van der Waals surface area contributed by atoms with Crippen LogP contribution in [0.3, 0.4) is 0 Å². The average molecular weight is 227 g/mol. The molecule has 0 N–H and O–H groups in total. The van der Waals surface area contributed by atoms with E-state index in [1.54, 1.807) is 0 Å². The van der Waals surface area contributed by atoms with Crippen LogP contribution in [0.1, 0.15) is 31.0 Å². The first-order chi connectivity index (χ1) is 7.40. The fraction of sp³-hybridized carbons (Fsp3) is 0.727. The number of imidazole rings is 1. The molecular formula is C11H15ClN2O. The summed E-state index contributed by atoms with van der Waals surface area (Å²) in [6, 6.07) is 0.466. The van der Waals surface area contributed by atoms with Gasteiger partial charge in [0, 0.05) is 12.8 Å². The second-order valence-corrected chi connectivity index (χ2v) is 4.72. The standard InChI is InChI=1S/C11H15ClN2O/c12-5-9-6-13-7-14(9)10-3-4-15-11(10)8-1-2-8/h6-8,10-11H,1-5H2. The predicted molar refractivity (Wildman–Crippen MR) is 57.9 cm³/mol. The molecule has 2 unspecified atom stereocenters. The second-order valence-electron chi connectivity index (χ2n) is 4.45. The van der Waals surface area contributed by atoms with Crippen LogP contribution in [-0.4, -0.2) is 22.3 Å². The smallest absolute Gasteiger partial charge is 0.0952 e. The summed E-state index contributed by atoms with van der Waals surface area (Å²) in [4.78, 5) is 4.17. The van der Waals surface area contributed by atoms with Crippen molar-refractivity contribution in [1.82, 2.24) is 9.55 Å². The fourth-order valence-electron chi connectivity index (χ4n) is 2.51. The van der Waals surface area contributed by atoms with Crippen molar-refractivity contribution in [2.45, 2.75) is 37.3 Å².